The summed E-state index contributed by atoms with van der Waals surface area (Å²) in [5.41, 5.74) is 0.662. The van der Waals surface area contributed by atoms with Crippen molar-refractivity contribution in [2.24, 2.45) is 0 Å². The third-order valence-corrected chi connectivity index (χ3v) is 4.81. The molecule has 0 fully saturated rings. The van der Waals surface area contributed by atoms with E-state index in [1.807, 2.05) is 0 Å². The first kappa shape index (κ1) is 19.6. The van der Waals surface area contributed by atoms with E-state index in [2.05, 4.69) is 10.1 Å². The predicted molar refractivity (Wildman–Crippen MR) is 95.8 cm³/mol. The topological polar surface area (TPSA) is 74.8 Å². The molecule has 1 aromatic heterocycles. The molecule has 0 atom stereocenters. The Morgan fingerprint density at radius 2 is 1.90 bits per heavy atom. The summed E-state index contributed by atoms with van der Waals surface area (Å²) in [6, 6.07) is 9.14. The Morgan fingerprint density at radius 1 is 1.13 bits per heavy atom. The van der Waals surface area contributed by atoms with Gasteiger partial charge in [-0.2, -0.15) is 18.4 Å². The van der Waals surface area contributed by atoms with E-state index in [9.17, 15) is 22.4 Å². The van der Waals surface area contributed by atoms with Crippen molar-refractivity contribution in [3.63, 3.8) is 0 Å². The first-order chi connectivity index (χ1) is 14.2. The van der Waals surface area contributed by atoms with Crippen LogP contribution in [0.5, 0.6) is 0 Å². The Labute approximate surface area is 168 Å². The maximum Gasteiger partial charge on any atom is 0.417 e. The average molecular weight is 415 g/mol. The lowest BCUT2D eigenvalue weighted by atomic mass is 9.96. The van der Waals surface area contributed by atoms with Crippen LogP contribution in [0.25, 0.3) is 11.1 Å². The SMILES string of the molecule is N#Cc1ncn(CC(=O)N2Cc3ccc(-c4ccc(F)cc4C(F)(F)F)cc3C2)n1. The van der Waals surface area contributed by atoms with Gasteiger partial charge in [-0.25, -0.2) is 14.1 Å². The Balaban J connectivity index is 1.57. The zero-order valence-corrected chi connectivity index (χ0v) is 15.3. The van der Waals surface area contributed by atoms with Gasteiger partial charge in [0.05, 0.1) is 5.56 Å². The average Bonchev–Trinajstić information content (AvgIpc) is 3.33. The second-order valence-electron chi connectivity index (χ2n) is 6.80. The monoisotopic (exact) mass is 415 g/mol. The Bertz CT molecular complexity index is 1180. The molecular weight excluding hydrogens is 402 g/mol. The molecular formula is C20H13F4N5O. The lowest BCUT2D eigenvalue weighted by molar-refractivity contribution is -0.137. The second kappa shape index (κ2) is 7.26. The number of carbonyl (C=O) groups is 1. The van der Waals surface area contributed by atoms with E-state index < -0.39 is 17.6 Å². The number of nitriles is 1. The summed E-state index contributed by atoms with van der Waals surface area (Å²) < 4.78 is 54.6. The minimum absolute atomic E-state index is 0.0445. The Kier molecular flexibility index (Phi) is 4.73. The van der Waals surface area contributed by atoms with Gasteiger partial charge in [0.2, 0.25) is 5.91 Å². The molecule has 152 valence electrons. The summed E-state index contributed by atoms with van der Waals surface area (Å²) >= 11 is 0. The highest BCUT2D eigenvalue weighted by Crippen LogP contribution is 2.38. The molecule has 6 nitrogen and oxygen atoms in total. The number of nitrogens with zero attached hydrogens (tertiary/aromatic N) is 5. The van der Waals surface area contributed by atoms with Gasteiger partial charge in [-0.15, -0.1) is 5.10 Å². The van der Waals surface area contributed by atoms with Crippen LogP contribution in [0.15, 0.2) is 42.7 Å². The van der Waals surface area contributed by atoms with Crippen LogP contribution in [-0.4, -0.2) is 25.6 Å². The predicted octanol–water partition coefficient (Wildman–Crippen LogP) is 3.52. The highest BCUT2D eigenvalue weighted by molar-refractivity contribution is 5.77. The molecule has 0 unspecified atom stereocenters. The van der Waals surface area contributed by atoms with Crippen molar-refractivity contribution in [3.05, 3.63) is 71.1 Å². The molecule has 10 heteroatoms. The maximum atomic E-state index is 13.4. The van der Waals surface area contributed by atoms with Crippen molar-refractivity contribution in [2.45, 2.75) is 25.8 Å². The second-order valence-corrected chi connectivity index (χ2v) is 6.80. The third-order valence-electron chi connectivity index (χ3n) is 4.81. The van der Waals surface area contributed by atoms with E-state index in [-0.39, 0.29) is 30.4 Å². The summed E-state index contributed by atoms with van der Waals surface area (Å²) in [4.78, 5) is 17.8. The number of alkyl halides is 3. The van der Waals surface area contributed by atoms with E-state index >= 15 is 0 Å². The molecule has 1 amide bonds. The summed E-state index contributed by atoms with van der Waals surface area (Å²) in [7, 11) is 0. The number of amides is 1. The lowest BCUT2D eigenvalue weighted by Gasteiger charge is -2.15. The van der Waals surface area contributed by atoms with Crippen LogP contribution in [0.2, 0.25) is 0 Å². The maximum absolute atomic E-state index is 13.4. The molecule has 4 rings (SSSR count). The van der Waals surface area contributed by atoms with Crippen LogP contribution < -0.4 is 0 Å². The van der Waals surface area contributed by atoms with E-state index in [0.29, 0.717) is 18.2 Å². The third kappa shape index (κ3) is 3.74. The Morgan fingerprint density at radius 3 is 2.60 bits per heavy atom. The highest BCUT2D eigenvalue weighted by atomic mass is 19.4. The van der Waals surface area contributed by atoms with Crippen LogP contribution in [0.1, 0.15) is 22.5 Å². The molecule has 0 N–H and O–H groups in total. The number of carbonyl (C=O) groups excluding carboxylic acids is 1. The normalized spacial score (nSPS) is 13.2. The summed E-state index contributed by atoms with van der Waals surface area (Å²) in [5, 5.41) is 12.6. The summed E-state index contributed by atoms with van der Waals surface area (Å²) in [5.74, 6) is -1.27. The number of fused-ring (bicyclic) bond motifs is 1. The Hall–Kier alpha value is -3.74. The van der Waals surface area contributed by atoms with Crippen LogP contribution in [0.3, 0.4) is 0 Å². The number of hydrogen-bond acceptors (Lipinski definition) is 4. The van der Waals surface area contributed by atoms with Gasteiger partial charge in [-0.3, -0.25) is 4.79 Å². The molecule has 3 aromatic rings. The minimum atomic E-state index is -4.70. The summed E-state index contributed by atoms with van der Waals surface area (Å²) in [6.45, 7) is 0.430. The van der Waals surface area contributed by atoms with E-state index in [1.165, 1.54) is 22.0 Å². The van der Waals surface area contributed by atoms with Gasteiger partial charge in [0.1, 0.15) is 24.8 Å². The van der Waals surface area contributed by atoms with Crippen molar-refractivity contribution in [1.29, 1.82) is 5.26 Å². The molecule has 0 aliphatic carbocycles. The molecule has 30 heavy (non-hydrogen) atoms. The standard InChI is InChI=1S/C20H13F4N5O/c21-15-3-4-16(17(6-15)20(22,23)24)12-1-2-13-8-28(9-14(13)5-12)19(30)10-29-11-26-18(7-25)27-29/h1-6,11H,8-10H2. The van der Waals surface area contributed by atoms with E-state index in [1.54, 1.807) is 18.2 Å². The van der Waals surface area contributed by atoms with Gasteiger partial charge >= 0.3 is 6.18 Å². The number of aromatic nitrogens is 3. The van der Waals surface area contributed by atoms with E-state index in [0.717, 1.165) is 23.3 Å². The van der Waals surface area contributed by atoms with Gasteiger partial charge in [0.15, 0.2) is 0 Å². The molecule has 0 bridgehead atoms. The molecule has 2 aromatic carbocycles. The molecule has 1 aliphatic rings. The van der Waals surface area contributed by atoms with Crippen molar-refractivity contribution < 1.29 is 22.4 Å². The van der Waals surface area contributed by atoms with Crippen molar-refractivity contribution in [1.82, 2.24) is 19.7 Å². The molecule has 0 spiro atoms. The molecule has 0 saturated carbocycles. The van der Waals surface area contributed by atoms with Crippen molar-refractivity contribution in [2.75, 3.05) is 0 Å². The number of halogens is 4. The zero-order valence-electron chi connectivity index (χ0n) is 15.3. The van der Waals surface area contributed by atoms with Crippen LogP contribution in [0, 0.1) is 17.1 Å². The van der Waals surface area contributed by atoms with Crippen molar-refractivity contribution in [3.8, 4) is 17.2 Å². The number of hydrogen-bond donors (Lipinski definition) is 0. The van der Waals surface area contributed by atoms with Gasteiger partial charge in [0.25, 0.3) is 5.82 Å². The number of benzene rings is 2. The zero-order chi connectivity index (χ0) is 21.5. The smallest absolute Gasteiger partial charge is 0.332 e. The first-order valence-electron chi connectivity index (χ1n) is 8.81. The van der Waals surface area contributed by atoms with Crippen molar-refractivity contribution >= 4 is 5.91 Å². The summed E-state index contributed by atoms with van der Waals surface area (Å²) in [6.07, 6.45) is -3.41. The fourth-order valence-corrected chi connectivity index (χ4v) is 3.40. The fraction of sp³-hybridized carbons (Fsp3) is 0.200. The molecule has 2 heterocycles. The van der Waals surface area contributed by atoms with Crippen LogP contribution in [0.4, 0.5) is 17.6 Å². The molecule has 0 saturated heterocycles. The van der Waals surface area contributed by atoms with Gasteiger partial charge < -0.3 is 4.90 Å². The quantitative estimate of drug-likeness (QED) is 0.614. The highest BCUT2D eigenvalue weighted by Gasteiger charge is 2.34. The molecule has 0 radical (unpaired) electrons. The molecule has 1 aliphatic heterocycles. The lowest BCUT2D eigenvalue weighted by Crippen LogP contribution is -2.29. The minimum Gasteiger partial charge on any atom is -0.332 e. The van der Waals surface area contributed by atoms with Gasteiger partial charge in [-0.05, 0) is 40.5 Å². The van der Waals surface area contributed by atoms with Crippen LogP contribution >= 0.6 is 0 Å². The van der Waals surface area contributed by atoms with E-state index in [4.69, 9.17) is 5.26 Å². The fourth-order valence-electron chi connectivity index (χ4n) is 3.40. The van der Waals surface area contributed by atoms with Gasteiger partial charge in [0, 0.05) is 13.1 Å². The van der Waals surface area contributed by atoms with Gasteiger partial charge in [-0.1, -0.05) is 18.2 Å². The number of rotatable bonds is 3. The first-order valence-corrected chi connectivity index (χ1v) is 8.81. The van der Waals surface area contributed by atoms with Crippen LogP contribution in [-0.2, 0) is 30.6 Å². The largest absolute Gasteiger partial charge is 0.417 e.